The van der Waals surface area contributed by atoms with Gasteiger partial charge in [0, 0.05) is 18.7 Å². The highest BCUT2D eigenvalue weighted by molar-refractivity contribution is 5.55. The lowest BCUT2D eigenvalue weighted by Crippen LogP contribution is -2.39. The van der Waals surface area contributed by atoms with Gasteiger partial charge >= 0.3 is 0 Å². The van der Waals surface area contributed by atoms with E-state index in [1.54, 1.807) is 0 Å². The number of nitrogens with zero attached hydrogens (tertiary/aromatic N) is 3. The fourth-order valence-electron chi connectivity index (χ4n) is 2.10. The Kier molecular flexibility index (Phi) is 4.26. The van der Waals surface area contributed by atoms with Crippen molar-refractivity contribution in [2.75, 3.05) is 18.4 Å². The van der Waals surface area contributed by atoms with Crippen molar-refractivity contribution in [3.05, 3.63) is 27.9 Å². The number of nitrogens with one attached hydrogen (secondary N) is 2. The van der Waals surface area contributed by atoms with Crippen LogP contribution in [-0.4, -0.2) is 29.0 Å². The van der Waals surface area contributed by atoms with Crippen LogP contribution < -0.4 is 10.6 Å². The molecule has 2 heterocycles. The maximum Gasteiger partial charge on any atom is 0.289 e. The molecule has 1 aromatic heterocycles. The summed E-state index contributed by atoms with van der Waals surface area (Å²) in [7, 11) is 0. The fourth-order valence-corrected chi connectivity index (χ4v) is 2.10. The third-order valence-electron chi connectivity index (χ3n) is 3.13. The maximum atomic E-state index is 10.6. The molecule has 1 saturated heterocycles. The summed E-state index contributed by atoms with van der Waals surface area (Å²) >= 11 is 0. The largest absolute Gasteiger partial charge is 0.367 e. The van der Waals surface area contributed by atoms with Gasteiger partial charge in [-0.25, -0.2) is 4.98 Å². The Hall–Kier alpha value is -2.20. The molecule has 1 unspecified atom stereocenters. The Bertz CT molecular complexity index is 505. The maximum absolute atomic E-state index is 10.6. The molecular weight excluding hydrogens is 246 g/mol. The van der Waals surface area contributed by atoms with Crippen molar-refractivity contribution in [3.8, 4) is 6.07 Å². The summed E-state index contributed by atoms with van der Waals surface area (Å²) in [5, 5.41) is 26.1. The van der Waals surface area contributed by atoms with Crippen LogP contribution in [0, 0.1) is 21.4 Å². The smallest absolute Gasteiger partial charge is 0.289 e. The summed E-state index contributed by atoms with van der Waals surface area (Å²) in [5.74, 6) is 0.403. The van der Waals surface area contributed by atoms with E-state index in [4.69, 9.17) is 5.26 Å². The number of anilines is 1. The highest BCUT2D eigenvalue weighted by atomic mass is 16.6. The molecule has 7 nitrogen and oxygen atoms in total. The minimum atomic E-state index is -0.555. The summed E-state index contributed by atoms with van der Waals surface area (Å²) in [6, 6.07) is 3.53. The molecule has 7 heteroatoms. The molecule has 1 fully saturated rings. The molecule has 0 amide bonds. The number of hydrogen-bond donors (Lipinski definition) is 2. The zero-order valence-corrected chi connectivity index (χ0v) is 10.4. The van der Waals surface area contributed by atoms with Crippen LogP contribution in [0.1, 0.15) is 24.8 Å². The summed E-state index contributed by atoms with van der Waals surface area (Å²) in [6.45, 7) is 1.67. The van der Waals surface area contributed by atoms with Gasteiger partial charge in [0.15, 0.2) is 0 Å². The molecule has 0 aliphatic carbocycles. The number of nitro groups is 1. The number of hydrogen-bond acceptors (Lipinski definition) is 6. The van der Waals surface area contributed by atoms with E-state index in [2.05, 4.69) is 15.6 Å². The van der Waals surface area contributed by atoms with Gasteiger partial charge in [0.1, 0.15) is 23.6 Å². The Morgan fingerprint density at radius 1 is 1.63 bits per heavy atom. The Morgan fingerprint density at radius 3 is 3.11 bits per heavy atom. The van der Waals surface area contributed by atoms with Gasteiger partial charge < -0.3 is 10.6 Å². The Morgan fingerprint density at radius 2 is 2.47 bits per heavy atom. The number of piperidine rings is 1. The molecule has 1 aliphatic rings. The van der Waals surface area contributed by atoms with Crippen LogP contribution in [0.4, 0.5) is 11.5 Å². The minimum absolute atomic E-state index is 0.169. The Balaban J connectivity index is 2.03. The molecule has 2 N–H and O–H groups in total. The average Bonchev–Trinajstić information content (AvgIpc) is 2.45. The first-order valence-electron chi connectivity index (χ1n) is 6.22. The van der Waals surface area contributed by atoms with Crippen molar-refractivity contribution in [1.29, 1.82) is 5.26 Å². The molecule has 1 aromatic rings. The summed E-state index contributed by atoms with van der Waals surface area (Å²) in [5.41, 5.74) is 0.0305. The highest BCUT2D eigenvalue weighted by Crippen LogP contribution is 2.18. The van der Waals surface area contributed by atoms with Gasteiger partial charge in [-0.15, -0.1) is 0 Å². The van der Waals surface area contributed by atoms with Gasteiger partial charge in [-0.3, -0.25) is 10.1 Å². The monoisotopic (exact) mass is 261 g/mol. The third kappa shape index (κ3) is 3.39. The molecule has 0 saturated carbocycles. The van der Waals surface area contributed by atoms with E-state index in [-0.39, 0.29) is 11.3 Å². The molecule has 1 aliphatic heterocycles. The van der Waals surface area contributed by atoms with Crippen molar-refractivity contribution in [2.45, 2.75) is 25.3 Å². The van der Waals surface area contributed by atoms with E-state index in [1.165, 1.54) is 18.9 Å². The van der Waals surface area contributed by atoms with Crippen LogP contribution >= 0.6 is 0 Å². The zero-order chi connectivity index (χ0) is 13.7. The van der Waals surface area contributed by atoms with E-state index < -0.39 is 4.92 Å². The number of aromatic nitrogens is 1. The lowest BCUT2D eigenvalue weighted by atomic mass is 10.1. The highest BCUT2D eigenvalue weighted by Gasteiger charge is 2.15. The first kappa shape index (κ1) is 13.2. The van der Waals surface area contributed by atoms with Crippen LogP contribution in [0.3, 0.4) is 0 Å². The zero-order valence-electron chi connectivity index (χ0n) is 10.4. The van der Waals surface area contributed by atoms with Crippen molar-refractivity contribution in [2.24, 2.45) is 0 Å². The summed E-state index contributed by atoms with van der Waals surface area (Å²) in [6.07, 6.45) is 4.63. The molecular formula is C12H15N5O2. The molecule has 100 valence electrons. The quantitative estimate of drug-likeness (QED) is 0.627. The summed E-state index contributed by atoms with van der Waals surface area (Å²) in [4.78, 5) is 14.0. The molecule has 0 spiro atoms. The molecule has 19 heavy (non-hydrogen) atoms. The molecule has 0 aromatic carbocycles. The van der Waals surface area contributed by atoms with Gasteiger partial charge in [-0.1, -0.05) is 6.42 Å². The second kappa shape index (κ2) is 6.11. The lowest BCUT2D eigenvalue weighted by molar-refractivity contribution is -0.385. The van der Waals surface area contributed by atoms with Crippen molar-refractivity contribution >= 4 is 11.5 Å². The van der Waals surface area contributed by atoms with Gasteiger partial charge in [0.25, 0.3) is 5.69 Å². The standard InChI is InChI=1S/C12H15N5O2/c13-6-9-5-11(17(18)19)8-16-12(9)15-7-10-3-1-2-4-14-10/h5,8,10,14H,1-4,7H2,(H,15,16). The first-order chi connectivity index (χ1) is 9.20. The molecule has 0 bridgehead atoms. The number of nitriles is 1. The van der Waals surface area contributed by atoms with Crippen molar-refractivity contribution < 1.29 is 4.92 Å². The van der Waals surface area contributed by atoms with Crippen LogP contribution in [0.5, 0.6) is 0 Å². The normalized spacial score (nSPS) is 18.6. The van der Waals surface area contributed by atoms with Crippen LogP contribution in [0.2, 0.25) is 0 Å². The van der Waals surface area contributed by atoms with E-state index in [0.717, 1.165) is 19.2 Å². The summed E-state index contributed by atoms with van der Waals surface area (Å²) < 4.78 is 0. The first-order valence-corrected chi connectivity index (χ1v) is 6.22. The molecule has 2 rings (SSSR count). The van der Waals surface area contributed by atoms with E-state index in [9.17, 15) is 10.1 Å². The molecule has 0 radical (unpaired) electrons. The van der Waals surface area contributed by atoms with Gasteiger partial charge in [0.05, 0.1) is 4.92 Å². The SMILES string of the molecule is N#Cc1cc([N+](=O)[O-])cnc1NCC1CCCCN1. The third-order valence-corrected chi connectivity index (χ3v) is 3.13. The van der Waals surface area contributed by atoms with Crippen molar-refractivity contribution in [3.63, 3.8) is 0 Å². The predicted octanol–water partition coefficient (Wildman–Crippen LogP) is 1.42. The van der Waals surface area contributed by atoms with Gasteiger partial charge in [-0.05, 0) is 19.4 Å². The van der Waals surface area contributed by atoms with Crippen LogP contribution in [0.25, 0.3) is 0 Å². The predicted molar refractivity (Wildman–Crippen MR) is 69.7 cm³/mol. The fraction of sp³-hybridized carbons (Fsp3) is 0.500. The topological polar surface area (TPSA) is 104 Å². The van der Waals surface area contributed by atoms with Gasteiger partial charge in [0.2, 0.25) is 0 Å². The Labute approximate surface area is 110 Å². The second-order valence-corrected chi connectivity index (χ2v) is 4.49. The second-order valence-electron chi connectivity index (χ2n) is 4.49. The van der Waals surface area contributed by atoms with Gasteiger partial charge in [-0.2, -0.15) is 5.26 Å². The van der Waals surface area contributed by atoms with E-state index >= 15 is 0 Å². The van der Waals surface area contributed by atoms with Crippen LogP contribution in [0.15, 0.2) is 12.3 Å². The number of pyridine rings is 1. The van der Waals surface area contributed by atoms with E-state index in [0.29, 0.717) is 18.4 Å². The van der Waals surface area contributed by atoms with Crippen molar-refractivity contribution in [1.82, 2.24) is 10.3 Å². The number of rotatable bonds is 4. The van der Waals surface area contributed by atoms with Crippen LogP contribution in [-0.2, 0) is 0 Å². The van der Waals surface area contributed by atoms with E-state index in [1.807, 2.05) is 6.07 Å². The average molecular weight is 261 g/mol. The minimum Gasteiger partial charge on any atom is -0.367 e. The molecule has 1 atom stereocenters. The lowest BCUT2D eigenvalue weighted by Gasteiger charge is -2.23.